The molecule has 2 nitrogen and oxygen atoms in total. The number of anilines is 3. The van der Waals surface area contributed by atoms with E-state index in [4.69, 9.17) is 4.42 Å². The number of rotatable bonds is 7. The van der Waals surface area contributed by atoms with E-state index in [1.807, 2.05) is 0 Å². The molecule has 11 aromatic rings. The van der Waals surface area contributed by atoms with E-state index in [0.29, 0.717) is 0 Å². The maximum absolute atomic E-state index is 7.26. The fourth-order valence-electron chi connectivity index (χ4n) is 10.1. The second kappa shape index (κ2) is 14.1. The van der Waals surface area contributed by atoms with Crippen molar-refractivity contribution >= 4 is 49.8 Å². The van der Waals surface area contributed by atoms with Crippen molar-refractivity contribution in [3.8, 4) is 33.4 Å². The third-order valence-corrected chi connectivity index (χ3v) is 12.7. The molecule has 10 aromatic carbocycles. The molecule has 286 valence electrons. The van der Waals surface area contributed by atoms with Crippen LogP contribution in [0.4, 0.5) is 17.1 Å². The van der Waals surface area contributed by atoms with Gasteiger partial charge in [-0.2, -0.15) is 0 Å². The average molecular weight is 778 g/mol. The second-order valence-electron chi connectivity index (χ2n) is 16.0. The Bertz CT molecular complexity index is 3350. The van der Waals surface area contributed by atoms with Gasteiger partial charge in [-0.05, 0) is 97.4 Å². The lowest BCUT2D eigenvalue weighted by atomic mass is 9.67. The fourth-order valence-corrected chi connectivity index (χ4v) is 10.1. The van der Waals surface area contributed by atoms with Crippen LogP contribution in [0.3, 0.4) is 0 Å². The summed E-state index contributed by atoms with van der Waals surface area (Å²) in [7, 11) is 0. The quantitative estimate of drug-likeness (QED) is 0.160. The minimum Gasteiger partial charge on any atom is -0.453 e. The Labute approximate surface area is 355 Å². The molecule has 0 unspecified atom stereocenters. The molecule has 0 N–H and O–H groups in total. The van der Waals surface area contributed by atoms with E-state index >= 15 is 0 Å². The van der Waals surface area contributed by atoms with Crippen LogP contribution in [-0.2, 0) is 5.41 Å². The van der Waals surface area contributed by atoms with E-state index in [-0.39, 0.29) is 0 Å². The van der Waals surface area contributed by atoms with Gasteiger partial charge in [-0.1, -0.05) is 200 Å². The van der Waals surface area contributed by atoms with E-state index in [9.17, 15) is 0 Å². The van der Waals surface area contributed by atoms with Crippen LogP contribution in [0.2, 0.25) is 0 Å². The summed E-state index contributed by atoms with van der Waals surface area (Å²) in [6.07, 6.45) is 0. The first-order valence-electron chi connectivity index (χ1n) is 21.0. The average Bonchev–Trinajstić information content (AvgIpc) is 3.88. The molecule has 0 fully saturated rings. The maximum atomic E-state index is 7.26. The monoisotopic (exact) mass is 777 g/mol. The van der Waals surface area contributed by atoms with Crippen LogP contribution in [0.15, 0.2) is 241 Å². The predicted octanol–water partition coefficient (Wildman–Crippen LogP) is 15.9. The van der Waals surface area contributed by atoms with E-state index < -0.39 is 5.41 Å². The first-order valence-corrected chi connectivity index (χ1v) is 21.0. The van der Waals surface area contributed by atoms with Crippen molar-refractivity contribution < 1.29 is 4.42 Å². The van der Waals surface area contributed by atoms with Gasteiger partial charge in [0.05, 0.1) is 11.1 Å². The zero-order chi connectivity index (χ0) is 40.3. The van der Waals surface area contributed by atoms with Gasteiger partial charge < -0.3 is 9.32 Å². The lowest BCUT2D eigenvalue weighted by Gasteiger charge is -2.35. The third kappa shape index (κ3) is 5.43. The molecule has 1 heterocycles. The van der Waals surface area contributed by atoms with E-state index in [0.717, 1.165) is 60.9 Å². The first-order chi connectivity index (χ1) is 30.3. The summed E-state index contributed by atoms with van der Waals surface area (Å²) in [5.74, 6) is 0. The van der Waals surface area contributed by atoms with Gasteiger partial charge in [0.25, 0.3) is 0 Å². The normalized spacial score (nSPS) is 12.7. The number of hydrogen-bond donors (Lipinski definition) is 0. The molecule has 2 heteroatoms. The van der Waals surface area contributed by atoms with Crippen LogP contribution >= 0.6 is 0 Å². The topological polar surface area (TPSA) is 16.4 Å². The Morgan fingerprint density at radius 2 is 0.902 bits per heavy atom. The van der Waals surface area contributed by atoms with Crippen LogP contribution in [0.1, 0.15) is 22.3 Å². The van der Waals surface area contributed by atoms with E-state index in [1.54, 1.807) is 0 Å². The molecule has 0 saturated carbocycles. The molecule has 0 radical (unpaired) electrons. The highest BCUT2D eigenvalue weighted by Gasteiger charge is 2.46. The van der Waals surface area contributed by atoms with Crippen LogP contribution in [-0.4, -0.2) is 0 Å². The van der Waals surface area contributed by atoms with Crippen LogP contribution in [0.25, 0.3) is 66.1 Å². The smallest absolute Gasteiger partial charge is 0.160 e. The Kier molecular flexibility index (Phi) is 8.11. The third-order valence-electron chi connectivity index (χ3n) is 12.7. The molecule has 0 spiro atoms. The summed E-state index contributed by atoms with van der Waals surface area (Å²) in [5, 5.41) is 4.46. The summed E-state index contributed by atoms with van der Waals surface area (Å²) >= 11 is 0. The Morgan fingerprint density at radius 1 is 0.344 bits per heavy atom. The summed E-state index contributed by atoms with van der Waals surface area (Å²) in [4.78, 5) is 2.40. The van der Waals surface area contributed by atoms with Crippen molar-refractivity contribution in [1.29, 1.82) is 0 Å². The number of nitrogens with zero attached hydrogens (tertiary/aromatic N) is 1. The summed E-state index contributed by atoms with van der Waals surface area (Å²) in [6, 6.07) is 85.9. The predicted molar refractivity (Wildman–Crippen MR) is 254 cm³/mol. The van der Waals surface area contributed by atoms with E-state index in [1.165, 1.54) is 44.5 Å². The Balaban J connectivity index is 1.16. The van der Waals surface area contributed by atoms with Crippen molar-refractivity contribution in [2.75, 3.05) is 4.90 Å². The minimum atomic E-state index is -0.544. The molecule has 1 aromatic heterocycles. The molecule has 1 aliphatic carbocycles. The molecular formula is C59H39NO. The van der Waals surface area contributed by atoms with Crippen molar-refractivity contribution in [2.24, 2.45) is 0 Å². The minimum absolute atomic E-state index is 0.544. The molecule has 61 heavy (non-hydrogen) atoms. The Morgan fingerprint density at radius 3 is 1.62 bits per heavy atom. The van der Waals surface area contributed by atoms with Crippen LogP contribution in [0.5, 0.6) is 0 Å². The number of furan rings is 1. The van der Waals surface area contributed by atoms with Crippen molar-refractivity contribution in [1.82, 2.24) is 0 Å². The SMILES string of the molecule is c1ccc(-c2ccc(N(c3ccc4c(c3)C(c3ccccc3)(c3ccccc3)c3ccccc3-4)c3ccc(-c4ccccc4)c4c3oc3c5ccccc5ccc34)cc2)cc1. The van der Waals surface area contributed by atoms with Gasteiger partial charge in [0.15, 0.2) is 5.58 Å². The highest BCUT2D eigenvalue weighted by Crippen LogP contribution is 2.57. The molecule has 12 rings (SSSR count). The largest absolute Gasteiger partial charge is 0.453 e. The number of fused-ring (bicyclic) bond motifs is 8. The maximum Gasteiger partial charge on any atom is 0.160 e. The van der Waals surface area contributed by atoms with Gasteiger partial charge in [0, 0.05) is 27.5 Å². The number of benzene rings is 10. The van der Waals surface area contributed by atoms with Gasteiger partial charge in [0.1, 0.15) is 5.58 Å². The molecule has 0 aliphatic heterocycles. The van der Waals surface area contributed by atoms with Crippen LogP contribution in [0, 0.1) is 0 Å². The molecule has 1 aliphatic rings. The van der Waals surface area contributed by atoms with Gasteiger partial charge in [-0.25, -0.2) is 0 Å². The molecule has 0 bridgehead atoms. The summed E-state index contributed by atoms with van der Waals surface area (Å²) in [5.41, 5.74) is 16.4. The standard InChI is InChI=1S/C59H39NO/c1-5-17-40(18-6-1)41-29-32-46(33-30-41)60(55-38-37-48(42-19-7-2-8-20-42)56-52-35-31-43-21-13-14-26-49(43)57(52)61-58(55)56)47-34-36-51-50-27-15-16-28-53(50)59(54(51)39-47,44-22-9-3-10-23-44)45-24-11-4-12-25-45/h1-39H. The molecule has 0 saturated heterocycles. The lowest BCUT2D eigenvalue weighted by molar-refractivity contribution is 0.673. The number of hydrogen-bond acceptors (Lipinski definition) is 2. The molecular weight excluding hydrogens is 739 g/mol. The lowest BCUT2D eigenvalue weighted by Crippen LogP contribution is -2.28. The molecule has 0 amide bonds. The molecule has 0 atom stereocenters. The van der Waals surface area contributed by atoms with Crippen molar-refractivity contribution in [3.05, 3.63) is 259 Å². The van der Waals surface area contributed by atoms with Crippen LogP contribution < -0.4 is 4.90 Å². The zero-order valence-electron chi connectivity index (χ0n) is 33.4. The highest BCUT2D eigenvalue weighted by molar-refractivity contribution is 6.21. The van der Waals surface area contributed by atoms with Gasteiger partial charge >= 0.3 is 0 Å². The van der Waals surface area contributed by atoms with Gasteiger partial charge in [0.2, 0.25) is 0 Å². The van der Waals surface area contributed by atoms with Gasteiger partial charge in [-0.15, -0.1) is 0 Å². The van der Waals surface area contributed by atoms with Gasteiger partial charge in [-0.3, -0.25) is 0 Å². The summed E-state index contributed by atoms with van der Waals surface area (Å²) < 4.78 is 7.26. The zero-order valence-corrected chi connectivity index (χ0v) is 33.4. The Hall–Kier alpha value is -7.94. The second-order valence-corrected chi connectivity index (χ2v) is 16.0. The first kappa shape index (κ1) is 35.0. The van der Waals surface area contributed by atoms with Crippen molar-refractivity contribution in [3.63, 3.8) is 0 Å². The van der Waals surface area contributed by atoms with E-state index in [2.05, 4.69) is 241 Å². The summed E-state index contributed by atoms with van der Waals surface area (Å²) in [6.45, 7) is 0. The van der Waals surface area contributed by atoms with Crippen molar-refractivity contribution in [2.45, 2.75) is 5.41 Å². The fraction of sp³-hybridized carbons (Fsp3) is 0.0169. The highest BCUT2D eigenvalue weighted by atomic mass is 16.3.